The number of H-pyrrole nitrogens is 1. The molecule has 0 bridgehead atoms. The van der Waals surface area contributed by atoms with E-state index in [-0.39, 0.29) is 5.75 Å². The number of aromatic hydroxyl groups is 1. The van der Waals surface area contributed by atoms with E-state index in [1.54, 1.807) is 18.2 Å². The van der Waals surface area contributed by atoms with Crippen molar-refractivity contribution in [3.63, 3.8) is 0 Å². The van der Waals surface area contributed by atoms with Crippen LogP contribution >= 0.6 is 23.2 Å². The van der Waals surface area contributed by atoms with E-state index in [1.165, 1.54) is 0 Å². The van der Waals surface area contributed by atoms with E-state index in [2.05, 4.69) is 9.97 Å². The van der Waals surface area contributed by atoms with Crippen LogP contribution in [0.25, 0.3) is 22.4 Å². The third-order valence-corrected chi connectivity index (χ3v) is 3.73. The van der Waals surface area contributed by atoms with E-state index in [4.69, 9.17) is 23.2 Å². The molecule has 0 unspecified atom stereocenters. The maximum Gasteiger partial charge on any atom is 0.138 e. The molecule has 3 aromatic rings. The summed E-state index contributed by atoms with van der Waals surface area (Å²) in [4.78, 5) is 7.61. The molecule has 5 heteroatoms. The first-order valence-corrected chi connectivity index (χ1v) is 6.45. The first-order chi connectivity index (χ1) is 9.04. The number of halogens is 2. The second kappa shape index (κ2) is 4.44. The smallest absolute Gasteiger partial charge is 0.138 e. The molecule has 19 heavy (non-hydrogen) atoms. The number of fused-ring (bicyclic) bond motifs is 1. The Morgan fingerprint density at radius 1 is 1.11 bits per heavy atom. The molecule has 0 amide bonds. The van der Waals surface area contributed by atoms with E-state index in [9.17, 15) is 5.11 Å². The number of hydrogen-bond acceptors (Lipinski definition) is 2. The number of benzene rings is 2. The van der Waals surface area contributed by atoms with E-state index in [0.717, 1.165) is 22.2 Å². The quantitative estimate of drug-likeness (QED) is 0.691. The summed E-state index contributed by atoms with van der Waals surface area (Å²) in [5.74, 6) is 0.914. The van der Waals surface area contributed by atoms with Crippen molar-refractivity contribution in [2.24, 2.45) is 0 Å². The summed E-state index contributed by atoms with van der Waals surface area (Å²) < 4.78 is 0. The molecule has 0 saturated heterocycles. The molecule has 0 aliphatic carbocycles. The summed E-state index contributed by atoms with van der Waals surface area (Å²) in [5, 5.41) is 10.7. The molecule has 3 rings (SSSR count). The van der Waals surface area contributed by atoms with Gasteiger partial charge in [0.1, 0.15) is 11.6 Å². The maximum absolute atomic E-state index is 9.74. The summed E-state index contributed by atoms with van der Waals surface area (Å²) in [6.07, 6.45) is 0. The predicted molar refractivity (Wildman–Crippen MR) is 78.0 cm³/mol. The molecule has 0 spiro atoms. The first kappa shape index (κ1) is 12.3. The fourth-order valence-electron chi connectivity index (χ4n) is 1.90. The van der Waals surface area contributed by atoms with Gasteiger partial charge < -0.3 is 10.1 Å². The SMILES string of the molecule is Cc1ccc(-c2nc3cc(Cl)c(Cl)cc3[nH]2)cc1O. The number of hydrogen-bond donors (Lipinski definition) is 2. The number of rotatable bonds is 1. The lowest BCUT2D eigenvalue weighted by Crippen LogP contribution is -1.81. The fraction of sp³-hybridized carbons (Fsp3) is 0.0714. The number of aryl methyl sites for hydroxylation is 1. The fourth-order valence-corrected chi connectivity index (χ4v) is 2.22. The molecule has 2 N–H and O–H groups in total. The van der Waals surface area contributed by atoms with Crippen LogP contribution in [0.3, 0.4) is 0 Å². The average Bonchev–Trinajstić information content (AvgIpc) is 2.76. The molecular formula is C14H10Cl2N2O. The van der Waals surface area contributed by atoms with Gasteiger partial charge in [-0.1, -0.05) is 35.3 Å². The van der Waals surface area contributed by atoms with Gasteiger partial charge in [0.15, 0.2) is 0 Å². The number of phenolic OH excluding ortho intramolecular Hbond substituents is 1. The zero-order valence-corrected chi connectivity index (χ0v) is 11.5. The van der Waals surface area contributed by atoms with Crippen molar-refractivity contribution >= 4 is 34.2 Å². The number of nitrogens with one attached hydrogen (secondary N) is 1. The first-order valence-electron chi connectivity index (χ1n) is 5.69. The zero-order valence-electron chi connectivity index (χ0n) is 10.0. The van der Waals surface area contributed by atoms with Crippen LogP contribution in [-0.2, 0) is 0 Å². The molecule has 0 fully saturated rings. The minimum Gasteiger partial charge on any atom is -0.508 e. The highest BCUT2D eigenvalue weighted by Crippen LogP contribution is 2.30. The van der Waals surface area contributed by atoms with Crippen molar-refractivity contribution in [3.05, 3.63) is 45.9 Å². The topological polar surface area (TPSA) is 48.9 Å². The molecule has 3 nitrogen and oxygen atoms in total. The van der Waals surface area contributed by atoms with Gasteiger partial charge in [-0.3, -0.25) is 0 Å². The van der Waals surface area contributed by atoms with Crippen LogP contribution in [0.5, 0.6) is 5.75 Å². The van der Waals surface area contributed by atoms with E-state index in [1.807, 2.05) is 19.1 Å². The molecule has 0 aliphatic heterocycles. The Morgan fingerprint density at radius 3 is 2.58 bits per heavy atom. The molecule has 0 radical (unpaired) electrons. The lowest BCUT2D eigenvalue weighted by Gasteiger charge is -2.00. The van der Waals surface area contributed by atoms with Crippen molar-refractivity contribution in [2.75, 3.05) is 0 Å². The van der Waals surface area contributed by atoms with Crippen molar-refractivity contribution < 1.29 is 5.11 Å². The van der Waals surface area contributed by atoms with Crippen molar-refractivity contribution in [1.82, 2.24) is 9.97 Å². The van der Waals surface area contributed by atoms with Gasteiger partial charge >= 0.3 is 0 Å². The van der Waals surface area contributed by atoms with Crippen LogP contribution < -0.4 is 0 Å². The molecule has 0 saturated carbocycles. The Balaban J connectivity index is 2.17. The Hall–Kier alpha value is -1.71. The van der Waals surface area contributed by atoms with Crippen LogP contribution in [0.1, 0.15) is 5.56 Å². The third-order valence-electron chi connectivity index (χ3n) is 3.01. The molecule has 0 atom stereocenters. The van der Waals surface area contributed by atoms with Gasteiger partial charge in [0, 0.05) is 5.56 Å². The molecule has 0 aliphatic rings. The standard InChI is InChI=1S/C14H10Cl2N2O/c1-7-2-3-8(4-13(7)19)14-17-11-5-9(15)10(16)6-12(11)18-14/h2-6,19H,1H3,(H,17,18). The van der Waals surface area contributed by atoms with Crippen LogP contribution in [0.15, 0.2) is 30.3 Å². The Labute approximate surface area is 119 Å². The lowest BCUT2D eigenvalue weighted by molar-refractivity contribution is 0.471. The molecule has 96 valence electrons. The van der Waals surface area contributed by atoms with Gasteiger partial charge in [0.2, 0.25) is 0 Å². The molecule has 1 aromatic heterocycles. The van der Waals surface area contributed by atoms with Gasteiger partial charge in [0.05, 0.1) is 21.1 Å². The highest BCUT2D eigenvalue weighted by atomic mass is 35.5. The van der Waals surface area contributed by atoms with Gasteiger partial charge in [-0.15, -0.1) is 0 Å². The molecular weight excluding hydrogens is 283 g/mol. The zero-order chi connectivity index (χ0) is 13.6. The van der Waals surface area contributed by atoms with Gasteiger partial charge in [0.25, 0.3) is 0 Å². The highest BCUT2D eigenvalue weighted by molar-refractivity contribution is 6.42. The Kier molecular flexibility index (Phi) is 2.88. The number of imidazole rings is 1. The van der Waals surface area contributed by atoms with Crippen molar-refractivity contribution in [1.29, 1.82) is 0 Å². The van der Waals surface area contributed by atoms with Gasteiger partial charge in [-0.05, 0) is 30.7 Å². The largest absolute Gasteiger partial charge is 0.508 e. The summed E-state index contributed by atoms with van der Waals surface area (Å²) in [6.45, 7) is 1.84. The minimum atomic E-state index is 0.244. The van der Waals surface area contributed by atoms with Crippen LogP contribution in [0.4, 0.5) is 0 Å². The number of aromatic amines is 1. The lowest BCUT2D eigenvalue weighted by atomic mass is 10.1. The normalized spacial score (nSPS) is 11.1. The second-order valence-corrected chi connectivity index (χ2v) is 5.18. The van der Waals surface area contributed by atoms with Crippen molar-refractivity contribution in [3.8, 4) is 17.1 Å². The van der Waals surface area contributed by atoms with E-state index < -0.39 is 0 Å². The maximum atomic E-state index is 9.74. The van der Waals surface area contributed by atoms with E-state index in [0.29, 0.717) is 15.9 Å². The Bertz CT molecular complexity index is 741. The van der Waals surface area contributed by atoms with Crippen molar-refractivity contribution in [2.45, 2.75) is 6.92 Å². The number of aromatic nitrogens is 2. The van der Waals surface area contributed by atoms with Gasteiger partial charge in [-0.25, -0.2) is 4.98 Å². The van der Waals surface area contributed by atoms with Crippen LogP contribution in [0, 0.1) is 6.92 Å². The predicted octanol–water partition coefficient (Wildman–Crippen LogP) is 4.55. The number of nitrogens with zero attached hydrogens (tertiary/aromatic N) is 1. The summed E-state index contributed by atoms with van der Waals surface area (Å²) in [5.41, 5.74) is 3.19. The van der Waals surface area contributed by atoms with Gasteiger partial charge in [-0.2, -0.15) is 0 Å². The second-order valence-electron chi connectivity index (χ2n) is 4.37. The summed E-state index contributed by atoms with van der Waals surface area (Å²) in [7, 11) is 0. The molecule has 2 aromatic carbocycles. The average molecular weight is 293 g/mol. The minimum absolute atomic E-state index is 0.244. The monoisotopic (exact) mass is 292 g/mol. The summed E-state index contributed by atoms with van der Waals surface area (Å²) in [6, 6.07) is 8.88. The van der Waals surface area contributed by atoms with Crippen LogP contribution in [0.2, 0.25) is 10.0 Å². The number of phenols is 1. The Morgan fingerprint density at radius 2 is 1.84 bits per heavy atom. The van der Waals surface area contributed by atoms with E-state index >= 15 is 0 Å². The molecule has 1 heterocycles. The highest BCUT2D eigenvalue weighted by Gasteiger charge is 2.09. The van der Waals surface area contributed by atoms with Crippen LogP contribution in [-0.4, -0.2) is 15.1 Å². The summed E-state index contributed by atoms with van der Waals surface area (Å²) >= 11 is 11.9. The third kappa shape index (κ3) is 2.15.